The fourth-order valence-corrected chi connectivity index (χ4v) is 1.23. The van der Waals surface area contributed by atoms with Gasteiger partial charge in [-0.15, -0.1) is 11.6 Å². The molecule has 92 valence electrons. The van der Waals surface area contributed by atoms with Gasteiger partial charge in [0.1, 0.15) is 11.6 Å². The molecule has 0 unspecified atom stereocenters. The van der Waals surface area contributed by atoms with Gasteiger partial charge in [-0.05, 0) is 24.3 Å². The molecule has 0 radical (unpaired) electrons. The number of alkyl halides is 1. The molecule has 0 atom stereocenters. The first-order valence-electron chi connectivity index (χ1n) is 4.86. The van der Waals surface area contributed by atoms with Gasteiger partial charge in [0, 0.05) is 12.7 Å². The smallest absolute Gasteiger partial charge is 0.328 e. The van der Waals surface area contributed by atoms with E-state index in [1.807, 2.05) is 0 Å². The molecule has 0 saturated carbocycles. The molecule has 0 aromatic heterocycles. The molecule has 0 aliphatic carbocycles. The van der Waals surface area contributed by atoms with E-state index in [0.717, 1.165) is 0 Å². The number of imide groups is 1. The Morgan fingerprint density at radius 3 is 2.41 bits per heavy atom. The molecule has 0 fully saturated rings. The molecule has 0 bridgehead atoms. The number of amides is 3. The molecule has 3 amide bonds. The first kappa shape index (κ1) is 13.3. The second kappa shape index (κ2) is 6.10. The normalized spacial score (nSPS) is 9.59. The molecule has 0 spiro atoms. The third-order valence-electron chi connectivity index (χ3n) is 2.13. The third kappa shape index (κ3) is 3.64. The topological polar surface area (TPSA) is 58.6 Å². The first-order chi connectivity index (χ1) is 8.08. The van der Waals surface area contributed by atoms with Crippen molar-refractivity contribution in [3.05, 3.63) is 24.3 Å². The zero-order valence-electron chi connectivity index (χ0n) is 9.57. The van der Waals surface area contributed by atoms with Crippen LogP contribution in [0.5, 0.6) is 5.75 Å². The zero-order valence-corrected chi connectivity index (χ0v) is 10.3. The summed E-state index contributed by atoms with van der Waals surface area (Å²) in [6.45, 7) is 0. The van der Waals surface area contributed by atoms with Crippen molar-refractivity contribution in [1.29, 1.82) is 0 Å². The van der Waals surface area contributed by atoms with E-state index in [0.29, 0.717) is 11.4 Å². The molecule has 0 aliphatic heterocycles. The van der Waals surface area contributed by atoms with E-state index in [9.17, 15) is 9.59 Å². The van der Waals surface area contributed by atoms with E-state index in [1.165, 1.54) is 4.90 Å². The van der Waals surface area contributed by atoms with Crippen molar-refractivity contribution >= 4 is 29.2 Å². The molecular weight excluding hydrogens is 244 g/mol. The lowest BCUT2D eigenvalue weighted by atomic mass is 10.3. The highest BCUT2D eigenvalue weighted by Crippen LogP contribution is 2.17. The van der Waals surface area contributed by atoms with Crippen LogP contribution in [0.2, 0.25) is 0 Å². The Balaban J connectivity index is 2.71. The van der Waals surface area contributed by atoms with Crippen LogP contribution in [0.25, 0.3) is 0 Å². The summed E-state index contributed by atoms with van der Waals surface area (Å²) in [6.07, 6.45) is 0. The standard InChI is InChI=1S/C11H13ClN2O3/c1-14(11(16)13-10(15)7-12)8-3-5-9(17-2)6-4-8/h3-6H,7H2,1-2H3,(H,13,15,16). The van der Waals surface area contributed by atoms with Crippen molar-refractivity contribution in [2.75, 3.05) is 24.9 Å². The van der Waals surface area contributed by atoms with Crippen molar-refractivity contribution in [2.45, 2.75) is 0 Å². The minimum atomic E-state index is -0.531. The third-order valence-corrected chi connectivity index (χ3v) is 2.37. The quantitative estimate of drug-likeness (QED) is 0.836. The van der Waals surface area contributed by atoms with Crippen LogP contribution in [0, 0.1) is 0 Å². The van der Waals surface area contributed by atoms with E-state index in [2.05, 4.69) is 5.32 Å². The van der Waals surface area contributed by atoms with Crippen molar-refractivity contribution < 1.29 is 14.3 Å². The summed E-state index contributed by atoms with van der Waals surface area (Å²) in [6, 6.07) is 6.35. The monoisotopic (exact) mass is 256 g/mol. The van der Waals surface area contributed by atoms with Crippen LogP contribution in [0.3, 0.4) is 0 Å². The average molecular weight is 257 g/mol. The highest BCUT2D eigenvalue weighted by atomic mass is 35.5. The number of urea groups is 1. The van der Waals surface area contributed by atoms with Gasteiger partial charge in [0.25, 0.3) is 0 Å². The molecule has 1 rings (SSSR count). The van der Waals surface area contributed by atoms with Crippen LogP contribution in [-0.2, 0) is 4.79 Å². The summed E-state index contributed by atoms with van der Waals surface area (Å²) in [5.41, 5.74) is 0.644. The number of ether oxygens (including phenoxy) is 1. The van der Waals surface area contributed by atoms with Crippen molar-refractivity contribution in [3.63, 3.8) is 0 Å². The van der Waals surface area contributed by atoms with Gasteiger partial charge >= 0.3 is 6.03 Å². The van der Waals surface area contributed by atoms with Crippen LogP contribution in [0.4, 0.5) is 10.5 Å². The number of hydrogen-bond acceptors (Lipinski definition) is 3. The van der Waals surface area contributed by atoms with E-state index in [1.54, 1.807) is 38.4 Å². The maximum absolute atomic E-state index is 11.6. The van der Waals surface area contributed by atoms with Gasteiger partial charge in [-0.3, -0.25) is 15.0 Å². The fraction of sp³-hybridized carbons (Fsp3) is 0.273. The number of benzene rings is 1. The lowest BCUT2D eigenvalue weighted by molar-refractivity contribution is -0.117. The first-order valence-corrected chi connectivity index (χ1v) is 5.39. The van der Waals surface area contributed by atoms with Gasteiger partial charge in [-0.25, -0.2) is 4.79 Å². The second-order valence-corrected chi connectivity index (χ2v) is 3.51. The number of methoxy groups -OCH3 is 1. The van der Waals surface area contributed by atoms with Crippen LogP contribution >= 0.6 is 11.6 Å². The van der Waals surface area contributed by atoms with Gasteiger partial charge in [0.15, 0.2) is 0 Å². The Morgan fingerprint density at radius 2 is 1.94 bits per heavy atom. The number of rotatable bonds is 3. The maximum atomic E-state index is 11.6. The molecule has 0 heterocycles. The van der Waals surface area contributed by atoms with Gasteiger partial charge < -0.3 is 4.74 Å². The number of hydrogen-bond donors (Lipinski definition) is 1. The van der Waals surface area contributed by atoms with E-state index in [-0.39, 0.29) is 5.88 Å². The number of carbonyl (C=O) groups is 2. The zero-order chi connectivity index (χ0) is 12.8. The fourth-order valence-electron chi connectivity index (χ4n) is 1.16. The summed E-state index contributed by atoms with van der Waals surface area (Å²) in [5, 5.41) is 2.14. The van der Waals surface area contributed by atoms with Gasteiger partial charge in [-0.1, -0.05) is 0 Å². The Labute approximate surface area is 104 Å². The Morgan fingerprint density at radius 1 is 1.35 bits per heavy atom. The van der Waals surface area contributed by atoms with Gasteiger partial charge in [-0.2, -0.15) is 0 Å². The molecule has 0 saturated heterocycles. The highest BCUT2D eigenvalue weighted by Gasteiger charge is 2.13. The SMILES string of the molecule is COc1ccc(N(C)C(=O)NC(=O)CCl)cc1. The van der Waals surface area contributed by atoms with E-state index < -0.39 is 11.9 Å². The largest absolute Gasteiger partial charge is 0.497 e. The Hall–Kier alpha value is -1.75. The summed E-state index contributed by atoms with van der Waals surface area (Å²) >= 11 is 5.29. The Bertz CT molecular complexity index is 406. The predicted octanol–water partition coefficient (Wildman–Crippen LogP) is 1.61. The molecule has 6 heteroatoms. The molecule has 5 nitrogen and oxygen atoms in total. The lowest BCUT2D eigenvalue weighted by Gasteiger charge is -2.17. The predicted molar refractivity (Wildman–Crippen MR) is 65.7 cm³/mol. The second-order valence-electron chi connectivity index (χ2n) is 3.24. The molecule has 1 aromatic carbocycles. The Kier molecular flexibility index (Phi) is 4.78. The number of anilines is 1. The van der Waals surface area contributed by atoms with Crippen molar-refractivity contribution in [2.24, 2.45) is 0 Å². The summed E-state index contributed by atoms with van der Waals surface area (Å²) in [5.74, 6) is -0.0845. The average Bonchev–Trinajstić information content (AvgIpc) is 2.37. The van der Waals surface area contributed by atoms with Crippen molar-refractivity contribution in [3.8, 4) is 5.75 Å². The maximum Gasteiger partial charge on any atom is 0.328 e. The van der Waals surface area contributed by atoms with E-state index >= 15 is 0 Å². The molecule has 0 aliphatic rings. The number of halogens is 1. The molecule has 1 aromatic rings. The van der Waals surface area contributed by atoms with Crippen LogP contribution in [0.15, 0.2) is 24.3 Å². The van der Waals surface area contributed by atoms with Crippen LogP contribution < -0.4 is 15.0 Å². The summed E-state index contributed by atoms with van der Waals surface area (Å²) < 4.78 is 5.00. The van der Waals surface area contributed by atoms with Crippen molar-refractivity contribution in [1.82, 2.24) is 5.32 Å². The van der Waals surface area contributed by atoms with E-state index in [4.69, 9.17) is 16.3 Å². The number of nitrogens with one attached hydrogen (secondary N) is 1. The van der Waals surface area contributed by atoms with Crippen LogP contribution in [0.1, 0.15) is 0 Å². The van der Waals surface area contributed by atoms with Crippen LogP contribution in [-0.4, -0.2) is 32.0 Å². The minimum absolute atomic E-state index is 0.248. The molecular formula is C11H13ClN2O3. The number of nitrogens with zero attached hydrogens (tertiary/aromatic N) is 1. The summed E-state index contributed by atoms with van der Waals surface area (Å²) in [4.78, 5) is 23.8. The molecule has 1 N–H and O–H groups in total. The number of carbonyl (C=O) groups excluding carboxylic acids is 2. The summed E-state index contributed by atoms with van der Waals surface area (Å²) in [7, 11) is 3.11. The van der Waals surface area contributed by atoms with Gasteiger partial charge in [0.05, 0.1) is 7.11 Å². The highest BCUT2D eigenvalue weighted by molar-refractivity contribution is 6.28. The minimum Gasteiger partial charge on any atom is -0.497 e. The lowest BCUT2D eigenvalue weighted by Crippen LogP contribution is -2.41. The van der Waals surface area contributed by atoms with Gasteiger partial charge in [0.2, 0.25) is 5.91 Å². The molecule has 17 heavy (non-hydrogen) atoms.